The number of benzene rings is 1. The lowest BCUT2D eigenvalue weighted by Crippen LogP contribution is -2.44. The molecule has 2 aromatic rings. The van der Waals surface area contributed by atoms with Gasteiger partial charge in [-0.25, -0.2) is 9.38 Å². The molecule has 7 nitrogen and oxygen atoms in total. The first-order valence-electron chi connectivity index (χ1n) is 8.24. The van der Waals surface area contributed by atoms with Gasteiger partial charge in [-0.2, -0.15) is 0 Å². The Kier molecular flexibility index (Phi) is 6.74. The maximum Gasteiger partial charge on any atom is 0.246 e. The van der Waals surface area contributed by atoms with Crippen molar-refractivity contribution in [3.63, 3.8) is 0 Å². The van der Waals surface area contributed by atoms with E-state index in [1.807, 2.05) is 6.92 Å². The minimum absolute atomic E-state index is 0.137. The van der Waals surface area contributed by atoms with Crippen molar-refractivity contribution in [3.8, 4) is 0 Å². The first kappa shape index (κ1) is 19.5. The Morgan fingerprint density at radius 3 is 2.77 bits per heavy atom. The summed E-state index contributed by atoms with van der Waals surface area (Å²) in [4.78, 5) is 16.1. The van der Waals surface area contributed by atoms with Crippen LogP contribution in [0, 0.1) is 5.82 Å². The third-order valence-electron chi connectivity index (χ3n) is 3.49. The molecule has 1 heterocycles. The number of rotatable bonds is 7. The highest BCUT2D eigenvalue weighted by Crippen LogP contribution is 2.19. The molecule has 0 bridgehead atoms. The number of aliphatic hydroxyl groups is 1. The van der Waals surface area contributed by atoms with Crippen molar-refractivity contribution < 1.29 is 18.7 Å². The Hall–Kier alpha value is -2.87. The van der Waals surface area contributed by atoms with Gasteiger partial charge in [0.1, 0.15) is 23.7 Å². The number of halogens is 1. The molecule has 0 aliphatic rings. The number of aliphatic imine (C=N–C) groups is 1. The van der Waals surface area contributed by atoms with Crippen molar-refractivity contribution in [2.45, 2.75) is 19.4 Å². The molecule has 4 N–H and O–H groups in total. The van der Waals surface area contributed by atoms with E-state index in [0.717, 1.165) is 0 Å². The molecule has 0 fully saturated rings. The van der Waals surface area contributed by atoms with Crippen LogP contribution in [-0.2, 0) is 10.4 Å². The van der Waals surface area contributed by atoms with E-state index in [9.17, 15) is 14.3 Å². The van der Waals surface area contributed by atoms with Crippen LogP contribution in [0.2, 0.25) is 0 Å². The van der Waals surface area contributed by atoms with Gasteiger partial charge < -0.3 is 25.5 Å². The van der Waals surface area contributed by atoms with Gasteiger partial charge >= 0.3 is 0 Å². The fraction of sp³-hybridized carbons (Fsp3) is 0.333. The van der Waals surface area contributed by atoms with Gasteiger partial charge in [0.2, 0.25) is 5.91 Å². The maximum absolute atomic E-state index is 13.1. The monoisotopic (exact) mass is 362 g/mol. The van der Waals surface area contributed by atoms with Crippen LogP contribution in [0.5, 0.6) is 0 Å². The number of furan rings is 1. The van der Waals surface area contributed by atoms with E-state index in [-0.39, 0.29) is 19.0 Å². The van der Waals surface area contributed by atoms with Crippen molar-refractivity contribution in [2.75, 3.05) is 25.0 Å². The van der Waals surface area contributed by atoms with E-state index >= 15 is 0 Å². The van der Waals surface area contributed by atoms with E-state index < -0.39 is 11.4 Å². The number of guanidine groups is 1. The van der Waals surface area contributed by atoms with E-state index in [4.69, 9.17) is 4.42 Å². The number of nitrogens with zero attached hydrogens (tertiary/aromatic N) is 1. The summed E-state index contributed by atoms with van der Waals surface area (Å²) in [5, 5.41) is 19.0. The highest BCUT2D eigenvalue weighted by molar-refractivity contribution is 5.94. The third-order valence-corrected chi connectivity index (χ3v) is 3.49. The van der Waals surface area contributed by atoms with Crippen LogP contribution in [0.4, 0.5) is 10.1 Å². The fourth-order valence-electron chi connectivity index (χ4n) is 2.19. The molecule has 2 rings (SSSR count). The minimum Gasteiger partial charge on any atom is -0.466 e. The van der Waals surface area contributed by atoms with Gasteiger partial charge in [-0.15, -0.1) is 0 Å². The topological polar surface area (TPSA) is 98.9 Å². The predicted octanol–water partition coefficient (Wildman–Crippen LogP) is 1.82. The normalized spacial score (nSPS) is 13.8. The molecule has 0 saturated carbocycles. The lowest BCUT2D eigenvalue weighted by Gasteiger charge is -2.22. The van der Waals surface area contributed by atoms with Gasteiger partial charge in [0, 0.05) is 12.2 Å². The van der Waals surface area contributed by atoms with Crippen LogP contribution in [0.1, 0.15) is 19.6 Å². The average molecular weight is 362 g/mol. The van der Waals surface area contributed by atoms with Crippen molar-refractivity contribution in [3.05, 3.63) is 54.2 Å². The number of carbonyl (C=O) groups excluding carboxylic acids is 1. The lowest BCUT2D eigenvalue weighted by atomic mass is 10.0. The van der Waals surface area contributed by atoms with Gasteiger partial charge in [-0.1, -0.05) is 6.07 Å². The number of nitrogens with one attached hydrogen (secondary N) is 3. The fourth-order valence-corrected chi connectivity index (χ4v) is 2.19. The Morgan fingerprint density at radius 1 is 1.31 bits per heavy atom. The number of hydrogen-bond acceptors (Lipinski definition) is 4. The highest BCUT2D eigenvalue weighted by Gasteiger charge is 2.26. The zero-order valence-corrected chi connectivity index (χ0v) is 14.8. The highest BCUT2D eigenvalue weighted by atomic mass is 19.1. The number of anilines is 1. The van der Waals surface area contributed by atoms with Crippen LogP contribution in [0.25, 0.3) is 0 Å². The zero-order chi connectivity index (χ0) is 19.0. The van der Waals surface area contributed by atoms with Crippen molar-refractivity contribution in [2.24, 2.45) is 4.99 Å². The summed E-state index contributed by atoms with van der Waals surface area (Å²) < 4.78 is 18.4. The Morgan fingerprint density at radius 2 is 2.12 bits per heavy atom. The van der Waals surface area contributed by atoms with Gasteiger partial charge in [0.25, 0.3) is 0 Å². The molecular weight excluding hydrogens is 339 g/mol. The molecule has 0 aliphatic heterocycles. The van der Waals surface area contributed by atoms with E-state index in [1.165, 1.54) is 24.5 Å². The van der Waals surface area contributed by atoms with Crippen LogP contribution in [0.15, 0.2) is 52.1 Å². The largest absolute Gasteiger partial charge is 0.466 e. The van der Waals surface area contributed by atoms with Gasteiger partial charge in [0.05, 0.1) is 12.8 Å². The first-order valence-corrected chi connectivity index (χ1v) is 8.24. The van der Waals surface area contributed by atoms with E-state index in [0.29, 0.717) is 24.0 Å². The second-order valence-electron chi connectivity index (χ2n) is 5.86. The quantitative estimate of drug-likeness (QED) is 0.445. The number of carbonyl (C=O) groups is 1. The molecule has 1 unspecified atom stereocenters. The van der Waals surface area contributed by atoms with Gasteiger partial charge in [-0.3, -0.25) is 4.79 Å². The molecule has 26 heavy (non-hydrogen) atoms. The second-order valence-corrected chi connectivity index (χ2v) is 5.86. The first-order chi connectivity index (χ1) is 12.4. The van der Waals surface area contributed by atoms with Crippen molar-refractivity contribution in [1.82, 2.24) is 10.6 Å². The summed E-state index contributed by atoms with van der Waals surface area (Å²) in [5.41, 5.74) is -0.868. The molecule has 0 radical (unpaired) electrons. The lowest BCUT2D eigenvalue weighted by molar-refractivity contribution is -0.114. The van der Waals surface area contributed by atoms with Gasteiger partial charge in [0.15, 0.2) is 5.96 Å². The van der Waals surface area contributed by atoms with Crippen LogP contribution in [-0.4, -0.2) is 36.6 Å². The van der Waals surface area contributed by atoms with Crippen molar-refractivity contribution >= 4 is 17.6 Å². The molecule has 0 aliphatic carbocycles. The predicted molar refractivity (Wildman–Crippen MR) is 97.3 cm³/mol. The second kappa shape index (κ2) is 9.00. The average Bonchev–Trinajstić information content (AvgIpc) is 3.13. The minimum atomic E-state index is -1.23. The molecule has 8 heteroatoms. The molecule has 1 amide bonds. The Balaban J connectivity index is 1.92. The molecule has 1 aromatic carbocycles. The van der Waals surface area contributed by atoms with Crippen LogP contribution < -0.4 is 16.0 Å². The Labute approximate surface area is 151 Å². The standard InChI is InChI=1S/C18H23FN4O3/c1-3-20-17(22-12-18(2,25)15-8-5-9-26-15)21-11-16(24)23-14-7-4-6-13(19)10-14/h4-10,25H,3,11-12H2,1-2H3,(H,23,24)(H2,20,21,22). The Bertz CT molecular complexity index is 745. The van der Waals surface area contributed by atoms with Gasteiger partial charge in [-0.05, 0) is 44.2 Å². The smallest absolute Gasteiger partial charge is 0.246 e. The van der Waals surface area contributed by atoms with Crippen LogP contribution in [0.3, 0.4) is 0 Å². The summed E-state index contributed by atoms with van der Waals surface area (Å²) in [6, 6.07) is 9.00. The molecule has 1 aromatic heterocycles. The molecular formula is C18H23FN4O3. The summed E-state index contributed by atoms with van der Waals surface area (Å²) >= 11 is 0. The van der Waals surface area contributed by atoms with E-state index in [2.05, 4.69) is 20.9 Å². The van der Waals surface area contributed by atoms with Crippen LogP contribution >= 0.6 is 0 Å². The molecule has 140 valence electrons. The number of hydrogen-bond donors (Lipinski definition) is 4. The summed E-state index contributed by atoms with van der Waals surface area (Å²) in [5.74, 6) is -0.0227. The molecule has 1 atom stereocenters. The number of amides is 1. The summed E-state index contributed by atoms with van der Waals surface area (Å²) in [7, 11) is 0. The zero-order valence-electron chi connectivity index (χ0n) is 14.8. The summed E-state index contributed by atoms with van der Waals surface area (Å²) in [6.07, 6.45) is 1.49. The summed E-state index contributed by atoms with van der Waals surface area (Å²) in [6.45, 7) is 4.06. The third kappa shape index (κ3) is 5.89. The molecule has 0 spiro atoms. The van der Waals surface area contributed by atoms with Crippen molar-refractivity contribution in [1.29, 1.82) is 0 Å². The maximum atomic E-state index is 13.1. The van der Waals surface area contributed by atoms with E-state index in [1.54, 1.807) is 25.1 Å². The SMILES string of the molecule is CCNC(=NCC(=O)Nc1cccc(F)c1)NCC(C)(O)c1ccco1. The molecule has 0 saturated heterocycles.